The Balaban J connectivity index is 1.75. The van der Waals surface area contributed by atoms with E-state index in [1.807, 2.05) is 12.1 Å². The molecule has 1 aromatic carbocycles. The lowest BCUT2D eigenvalue weighted by atomic mass is 9.99. The molecule has 1 aromatic rings. The lowest BCUT2D eigenvalue weighted by molar-refractivity contribution is -0.136. The van der Waals surface area contributed by atoms with E-state index in [1.54, 1.807) is 14.2 Å². The van der Waals surface area contributed by atoms with Crippen molar-refractivity contribution in [2.75, 3.05) is 33.9 Å². The first-order chi connectivity index (χ1) is 12.7. The van der Waals surface area contributed by atoms with Crippen molar-refractivity contribution in [3.63, 3.8) is 0 Å². The van der Waals surface area contributed by atoms with Crippen LogP contribution in [-0.2, 0) is 4.79 Å². The monoisotopic (exact) mass is 360 g/mol. The predicted octanol–water partition coefficient (Wildman–Crippen LogP) is 3.63. The number of carbonyl (C=O) groups is 1. The molecule has 26 heavy (non-hydrogen) atoms. The quantitative estimate of drug-likeness (QED) is 0.777. The molecular formula is C21H32N2O3. The average molecular weight is 360 g/mol. The minimum atomic E-state index is 0.217. The molecule has 0 aliphatic carbocycles. The van der Waals surface area contributed by atoms with E-state index >= 15 is 0 Å². The van der Waals surface area contributed by atoms with Crippen molar-refractivity contribution in [2.45, 2.75) is 57.5 Å². The van der Waals surface area contributed by atoms with Gasteiger partial charge in [-0.05, 0) is 63.3 Å². The minimum Gasteiger partial charge on any atom is -0.497 e. The molecule has 0 saturated carbocycles. The molecule has 0 bridgehead atoms. The van der Waals surface area contributed by atoms with Crippen LogP contribution in [0.25, 0.3) is 0 Å². The van der Waals surface area contributed by atoms with Crippen LogP contribution in [0.5, 0.6) is 11.5 Å². The van der Waals surface area contributed by atoms with Gasteiger partial charge in [0.2, 0.25) is 5.91 Å². The molecule has 0 aromatic heterocycles. The number of carbonyl (C=O) groups excluding carboxylic acids is 1. The Morgan fingerprint density at radius 3 is 2.69 bits per heavy atom. The van der Waals surface area contributed by atoms with Crippen LogP contribution in [-0.4, -0.2) is 55.6 Å². The first-order valence-corrected chi connectivity index (χ1v) is 9.93. The fraction of sp³-hybridized carbons (Fsp3) is 0.667. The SMILES string of the molecule is CC[C@@H]1CCCCN1C(=O)CN1CCC[C@H]1c1cc(OC)ccc1OC. The molecule has 2 aliphatic rings. The standard InChI is InChI=1S/C21H32N2O3/c1-4-16-8-5-6-13-23(16)21(24)15-22-12-7-9-19(22)18-14-17(25-2)10-11-20(18)26-3/h10-11,14,16,19H,4-9,12-13,15H2,1-3H3/t16-,19+/m1/s1. The molecule has 0 unspecified atom stereocenters. The Morgan fingerprint density at radius 2 is 1.96 bits per heavy atom. The zero-order valence-electron chi connectivity index (χ0n) is 16.4. The van der Waals surface area contributed by atoms with Gasteiger partial charge in [0.25, 0.3) is 0 Å². The maximum atomic E-state index is 13.0. The lowest BCUT2D eigenvalue weighted by Gasteiger charge is -2.37. The molecule has 2 atom stereocenters. The molecule has 5 heteroatoms. The second-order valence-electron chi connectivity index (χ2n) is 7.38. The summed E-state index contributed by atoms with van der Waals surface area (Å²) in [6, 6.07) is 6.58. The van der Waals surface area contributed by atoms with Crippen LogP contribution >= 0.6 is 0 Å². The maximum absolute atomic E-state index is 13.0. The lowest BCUT2D eigenvalue weighted by Crippen LogP contribution is -2.47. The summed E-state index contributed by atoms with van der Waals surface area (Å²) in [5.74, 6) is 1.99. The second-order valence-corrected chi connectivity index (χ2v) is 7.38. The van der Waals surface area contributed by atoms with Crippen LogP contribution in [0.3, 0.4) is 0 Å². The van der Waals surface area contributed by atoms with Crippen LogP contribution in [0.4, 0.5) is 0 Å². The molecule has 144 valence electrons. The van der Waals surface area contributed by atoms with Crippen molar-refractivity contribution in [3.05, 3.63) is 23.8 Å². The summed E-state index contributed by atoms with van der Waals surface area (Å²) >= 11 is 0. The Bertz CT molecular complexity index is 619. The number of benzene rings is 1. The average Bonchev–Trinajstić information content (AvgIpc) is 3.15. The molecular weight excluding hydrogens is 328 g/mol. The van der Waals surface area contributed by atoms with Gasteiger partial charge in [-0.2, -0.15) is 0 Å². The Labute approximate surface area is 157 Å². The van der Waals surface area contributed by atoms with Gasteiger partial charge in [0.05, 0.1) is 20.8 Å². The van der Waals surface area contributed by atoms with Crippen molar-refractivity contribution >= 4 is 5.91 Å². The van der Waals surface area contributed by atoms with E-state index in [9.17, 15) is 4.79 Å². The number of likely N-dealkylation sites (tertiary alicyclic amines) is 2. The fourth-order valence-corrected chi connectivity index (χ4v) is 4.49. The second kappa shape index (κ2) is 8.76. The number of rotatable bonds is 6. The number of ether oxygens (including phenoxy) is 2. The van der Waals surface area contributed by atoms with Crippen LogP contribution in [0.2, 0.25) is 0 Å². The highest BCUT2D eigenvalue weighted by Gasteiger charge is 2.33. The van der Waals surface area contributed by atoms with E-state index in [0.717, 1.165) is 62.3 Å². The van der Waals surface area contributed by atoms with Gasteiger partial charge in [0.15, 0.2) is 0 Å². The van der Waals surface area contributed by atoms with Gasteiger partial charge in [-0.3, -0.25) is 9.69 Å². The van der Waals surface area contributed by atoms with Crippen molar-refractivity contribution in [3.8, 4) is 11.5 Å². The third-order valence-electron chi connectivity index (χ3n) is 5.92. The highest BCUT2D eigenvalue weighted by molar-refractivity contribution is 5.78. The van der Waals surface area contributed by atoms with Gasteiger partial charge >= 0.3 is 0 Å². The Morgan fingerprint density at radius 1 is 1.12 bits per heavy atom. The number of hydrogen-bond acceptors (Lipinski definition) is 4. The molecule has 0 spiro atoms. The molecule has 2 heterocycles. The highest BCUT2D eigenvalue weighted by atomic mass is 16.5. The smallest absolute Gasteiger partial charge is 0.237 e. The number of methoxy groups -OCH3 is 2. The van der Waals surface area contributed by atoms with Gasteiger partial charge in [0, 0.05) is 24.2 Å². The van der Waals surface area contributed by atoms with Crippen molar-refractivity contribution in [2.24, 2.45) is 0 Å². The summed E-state index contributed by atoms with van der Waals surface area (Å²) < 4.78 is 11.0. The summed E-state index contributed by atoms with van der Waals surface area (Å²) in [5.41, 5.74) is 1.13. The van der Waals surface area contributed by atoms with Gasteiger partial charge in [0.1, 0.15) is 11.5 Å². The summed E-state index contributed by atoms with van der Waals surface area (Å²) in [6.07, 6.45) is 6.74. The van der Waals surface area contributed by atoms with Gasteiger partial charge in [-0.15, -0.1) is 0 Å². The molecule has 0 N–H and O–H groups in total. The van der Waals surface area contributed by atoms with E-state index in [1.165, 1.54) is 6.42 Å². The van der Waals surface area contributed by atoms with Gasteiger partial charge < -0.3 is 14.4 Å². The third kappa shape index (κ3) is 3.98. The molecule has 1 amide bonds. The normalized spacial score (nSPS) is 23.9. The number of nitrogens with zero attached hydrogens (tertiary/aromatic N) is 2. The minimum absolute atomic E-state index is 0.217. The molecule has 0 radical (unpaired) electrons. The van der Waals surface area contributed by atoms with Crippen LogP contribution in [0.1, 0.15) is 57.1 Å². The first kappa shape index (κ1) is 19.0. The Hall–Kier alpha value is -1.75. The van der Waals surface area contributed by atoms with E-state index in [2.05, 4.69) is 22.8 Å². The summed E-state index contributed by atoms with van der Waals surface area (Å²) in [7, 11) is 3.39. The topological polar surface area (TPSA) is 42.0 Å². The van der Waals surface area contributed by atoms with Crippen LogP contribution < -0.4 is 9.47 Å². The third-order valence-corrected chi connectivity index (χ3v) is 5.92. The van der Waals surface area contributed by atoms with Crippen LogP contribution in [0, 0.1) is 0 Å². The van der Waals surface area contributed by atoms with Gasteiger partial charge in [-0.1, -0.05) is 6.92 Å². The summed E-state index contributed by atoms with van der Waals surface area (Å²) in [5, 5.41) is 0. The maximum Gasteiger partial charge on any atom is 0.237 e. The zero-order chi connectivity index (χ0) is 18.5. The zero-order valence-corrected chi connectivity index (χ0v) is 16.4. The van der Waals surface area contributed by atoms with Crippen molar-refractivity contribution in [1.82, 2.24) is 9.80 Å². The van der Waals surface area contributed by atoms with Gasteiger partial charge in [-0.25, -0.2) is 0 Å². The molecule has 2 aliphatic heterocycles. The number of hydrogen-bond donors (Lipinski definition) is 0. The first-order valence-electron chi connectivity index (χ1n) is 9.93. The molecule has 2 fully saturated rings. The van der Waals surface area contributed by atoms with E-state index < -0.39 is 0 Å². The largest absolute Gasteiger partial charge is 0.497 e. The number of piperidine rings is 1. The van der Waals surface area contributed by atoms with Crippen molar-refractivity contribution < 1.29 is 14.3 Å². The highest BCUT2D eigenvalue weighted by Crippen LogP contribution is 2.38. The van der Waals surface area contributed by atoms with Crippen LogP contribution in [0.15, 0.2) is 18.2 Å². The fourth-order valence-electron chi connectivity index (χ4n) is 4.49. The molecule has 5 nitrogen and oxygen atoms in total. The molecule has 3 rings (SSSR count). The summed E-state index contributed by atoms with van der Waals surface area (Å²) in [4.78, 5) is 17.5. The Kier molecular flexibility index (Phi) is 6.41. The van der Waals surface area contributed by atoms with E-state index in [4.69, 9.17) is 9.47 Å². The molecule has 2 saturated heterocycles. The summed E-state index contributed by atoms with van der Waals surface area (Å²) in [6.45, 7) is 4.57. The van der Waals surface area contributed by atoms with E-state index in [0.29, 0.717) is 12.6 Å². The van der Waals surface area contributed by atoms with Crippen molar-refractivity contribution in [1.29, 1.82) is 0 Å². The van der Waals surface area contributed by atoms with E-state index in [-0.39, 0.29) is 11.9 Å². The predicted molar refractivity (Wildman–Crippen MR) is 103 cm³/mol. The number of amides is 1.